The number of carbonyl (C=O) groups excluding carboxylic acids is 1. The Bertz CT molecular complexity index is 488. The van der Waals surface area contributed by atoms with Gasteiger partial charge in [-0.05, 0) is 43.7 Å². The average molecular weight is 258 g/mol. The fourth-order valence-electron chi connectivity index (χ4n) is 3.70. The maximum Gasteiger partial charge on any atom is 0.254 e. The number of hydrogen-bond acceptors (Lipinski definition) is 2. The number of likely N-dealkylation sites (tertiary alicyclic amines) is 1. The molecule has 2 saturated heterocycles. The van der Waals surface area contributed by atoms with Gasteiger partial charge in [0.15, 0.2) is 0 Å². The molecular formula is C16H22N2O. The average Bonchev–Trinajstić information content (AvgIpc) is 2.86. The molecule has 1 amide bonds. The number of hydrogen-bond donors (Lipinski definition) is 1. The van der Waals surface area contributed by atoms with Crippen LogP contribution in [-0.2, 0) is 0 Å². The number of carbonyl (C=O) groups is 1. The van der Waals surface area contributed by atoms with Crippen LogP contribution in [0.3, 0.4) is 0 Å². The summed E-state index contributed by atoms with van der Waals surface area (Å²) < 4.78 is 0. The van der Waals surface area contributed by atoms with E-state index in [4.69, 9.17) is 0 Å². The quantitative estimate of drug-likeness (QED) is 0.834. The fraction of sp³-hybridized carbons (Fsp3) is 0.562. The van der Waals surface area contributed by atoms with Crippen molar-refractivity contribution in [2.75, 3.05) is 26.2 Å². The third kappa shape index (κ3) is 2.16. The zero-order valence-corrected chi connectivity index (χ0v) is 12.0. The lowest BCUT2D eigenvalue weighted by Gasteiger charge is -2.20. The smallest absolute Gasteiger partial charge is 0.254 e. The Morgan fingerprint density at radius 2 is 1.63 bits per heavy atom. The van der Waals surface area contributed by atoms with Gasteiger partial charge in [-0.1, -0.05) is 17.7 Å². The predicted octanol–water partition coefficient (Wildman–Crippen LogP) is 1.90. The predicted molar refractivity (Wildman–Crippen MR) is 76.4 cm³/mol. The standard InChI is InChI=1S/C16H22N2O/c1-10-4-11(2)15(12(3)5-10)16(19)18-8-13-6-17-7-14(13)9-18/h4-5,13-14,17H,6-9H2,1-3H3/t13-,14+. The second-order valence-corrected chi connectivity index (χ2v) is 6.16. The van der Waals surface area contributed by atoms with Gasteiger partial charge >= 0.3 is 0 Å². The monoisotopic (exact) mass is 258 g/mol. The van der Waals surface area contributed by atoms with Crippen molar-refractivity contribution >= 4 is 5.91 Å². The second-order valence-electron chi connectivity index (χ2n) is 6.16. The molecule has 1 aromatic carbocycles. The molecule has 0 saturated carbocycles. The van der Waals surface area contributed by atoms with Crippen LogP contribution in [0.15, 0.2) is 12.1 Å². The van der Waals surface area contributed by atoms with E-state index < -0.39 is 0 Å². The Morgan fingerprint density at radius 1 is 1.11 bits per heavy atom. The van der Waals surface area contributed by atoms with E-state index in [1.807, 2.05) is 13.8 Å². The van der Waals surface area contributed by atoms with Gasteiger partial charge < -0.3 is 10.2 Å². The molecule has 2 fully saturated rings. The Morgan fingerprint density at radius 3 is 2.16 bits per heavy atom. The van der Waals surface area contributed by atoms with Crippen molar-refractivity contribution in [3.63, 3.8) is 0 Å². The first-order valence-electron chi connectivity index (χ1n) is 7.14. The number of amides is 1. The third-order valence-electron chi connectivity index (χ3n) is 4.57. The van der Waals surface area contributed by atoms with Gasteiger partial charge in [0.25, 0.3) is 5.91 Å². The van der Waals surface area contributed by atoms with Crippen molar-refractivity contribution in [1.82, 2.24) is 10.2 Å². The van der Waals surface area contributed by atoms with Crippen LogP contribution in [0.1, 0.15) is 27.0 Å². The van der Waals surface area contributed by atoms with E-state index >= 15 is 0 Å². The second kappa shape index (κ2) is 4.64. The van der Waals surface area contributed by atoms with Gasteiger partial charge in [0.1, 0.15) is 0 Å². The number of nitrogens with one attached hydrogen (secondary N) is 1. The highest BCUT2D eigenvalue weighted by Gasteiger charge is 2.38. The summed E-state index contributed by atoms with van der Waals surface area (Å²) in [7, 11) is 0. The van der Waals surface area contributed by atoms with Crippen LogP contribution in [-0.4, -0.2) is 37.0 Å². The Hall–Kier alpha value is -1.35. The van der Waals surface area contributed by atoms with E-state index in [0.29, 0.717) is 11.8 Å². The van der Waals surface area contributed by atoms with Gasteiger partial charge in [-0.25, -0.2) is 0 Å². The van der Waals surface area contributed by atoms with Crippen LogP contribution in [0.4, 0.5) is 0 Å². The molecular weight excluding hydrogens is 236 g/mol. The van der Waals surface area contributed by atoms with Crippen molar-refractivity contribution in [1.29, 1.82) is 0 Å². The minimum absolute atomic E-state index is 0.226. The molecule has 3 heteroatoms. The Balaban J connectivity index is 1.85. The van der Waals surface area contributed by atoms with Gasteiger partial charge in [-0.3, -0.25) is 4.79 Å². The minimum Gasteiger partial charge on any atom is -0.338 e. The van der Waals surface area contributed by atoms with Crippen molar-refractivity contribution in [3.8, 4) is 0 Å². The van der Waals surface area contributed by atoms with Crippen molar-refractivity contribution in [2.45, 2.75) is 20.8 Å². The summed E-state index contributed by atoms with van der Waals surface area (Å²) in [5.41, 5.74) is 4.36. The van der Waals surface area contributed by atoms with Crippen molar-refractivity contribution < 1.29 is 4.79 Å². The molecule has 0 aliphatic carbocycles. The number of rotatable bonds is 1. The van der Waals surface area contributed by atoms with E-state index in [2.05, 4.69) is 29.3 Å². The Labute approximate surface area is 115 Å². The summed E-state index contributed by atoms with van der Waals surface area (Å²) in [6, 6.07) is 4.22. The zero-order chi connectivity index (χ0) is 13.6. The van der Waals surface area contributed by atoms with E-state index in [0.717, 1.165) is 42.9 Å². The molecule has 0 bridgehead atoms. The molecule has 0 aromatic heterocycles. The summed E-state index contributed by atoms with van der Waals surface area (Å²) in [5.74, 6) is 1.55. The first-order valence-corrected chi connectivity index (χ1v) is 7.14. The zero-order valence-electron chi connectivity index (χ0n) is 12.0. The van der Waals surface area contributed by atoms with Crippen LogP contribution < -0.4 is 5.32 Å². The molecule has 2 aliphatic rings. The maximum atomic E-state index is 12.7. The van der Waals surface area contributed by atoms with Gasteiger partial charge in [0.05, 0.1) is 0 Å². The number of benzene rings is 1. The van der Waals surface area contributed by atoms with Crippen molar-refractivity contribution in [3.05, 3.63) is 34.4 Å². The van der Waals surface area contributed by atoms with Crippen LogP contribution in [0.2, 0.25) is 0 Å². The van der Waals surface area contributed by atoms with Gasteiger partial charge in [-0.15, -0.1) is 0 Å². The first kappa shape index (κ1) is 12.7. The summed E-state index contributed by atoms with van der Waals surface area (Å²) in [5, 5.41) is 3.42. The highest BCUT2D eigenvalue weighted by molar-refractivity contribution is 5.97. The molecule has 19 heavy (non-hydrogen) atoms. The summed E-state index contributed by atoms with van der Waals surface area (Å²) in [4.78, 5) is 14.8. The van der Waals surface area contributed by atoms with E-state index in [1.165, 1.54) is 5.56 Å². The Kier molecular flexibility index (Phi) is 3.09. The summed E-state index contributed by atoms with van der Waals surface area (Å²) in [6.07, 6.45) is 0. The SMILES string of the molecule is Cc1cc(C)c(C(=O)N2C[C@H]3CNC[C@H]3C2)c(C)c1. The summed E-state index contributed by atoms with van der Waals surface area (Å²) in [6.45, 7) is 10.2. The molecule has 0 spiro atoms. The summed E-state index contributed by atoms with van der Waals surface area (Å²) >= 11 is 0. The molecule has 3 rings (SSSR count). The molecule has 102 valence electrons. The number of fused-ring (bicyclic) bond motifs is 1. The highest BCUT2D eigenvalue weighted by atomic mass is 16.2. The molecule has 2 atom stereocenters. The highest BCUT2D eigenvalue weighted by Crippen LogP contribution is 2.28. The number of nitrogens with zero attached hydrogens (tertiary/aromatic N) is 1. The van der Waals surface area contributed by atoms with Crippen LogP contribution in [0, 0.1) is 32.6 Å². The fourth-order valence-corrected chi connectivity index (χ4v) is 3.70. The first-order chi connectivity index (χ1) is 9.06. The van der Waals surface area contributed by atoms with E-state index in [-0.39, 0.29) is 5.91 Å². The largest absolute Gasteiger partial charge is 0.338 e. The minimum atomic E-state index is 0.226. The molecule has 1 aromatic rings. The van der Waals surface area contributed by atoms with Crippen LogP contribution in [0.25, 0.3) is 0 Å². The lowest BCUT2D eigenvalue weighted by molar-refractivity contribution is 0.0780. The lowest BCUT2D eigenvalue weighted by atomic mass is 9.99. The molecule has 0 unspecified atom stereocenters. The van der Waals surface area contributed by atoms with Gasteiger partial charge in [0.2, 0.25) is 0 Å². The van der Waals surface area contributed by atoms with E-state index in [9.17, 15) is 4.79 Å². The molecule has 2 aliphatic heterocycles. The van der Waals surface area contributed by atoms with Gasteiger partial charge in [-0.2, -0.15) is 0 Å². The topological polar surface area (TPSA) is 32.3 Å². The van der Waals surface area contributed by atoms with Crippen LogP contribution in [0.5, 0.6) is 0 Å². The molecule has 1 N–H and O–H groups in total. The normalized spacial score (nSPS) is 25.7. The van der Waals surface area contributed by atoms with Crippen molar-refractivity contribution in [2.24, 2.45) is 11.8 Å². The maximum absolute atomic E-state index is 12.7. The van der Waals surface area contributed by atoms with E-state index in [1.54, 1.807) is 0 Å². The number of aryl methyl sites for hydroxylation is 3. The van der Waals surface area contributed by atoms with Gasteiger partial charge in [0, 0.05) is 31.7 Å². The molecule has 2 heterocycles. The van der Waals surface area contributed by atoms with Crippen LogP contribution >= 0.6 is 0 Å². The lowest BCUT2D eigenvalue weighted by Crippen LogP contribution is -2.32. The molecule has 0 radical (unpaired) electrons. The third-order valence-corrected chi connectivity index (χ3v) is 4.57. The molecule has 3 nitrogen and oxygen atoms in total.